The molecule has 0 fully saturated rings. The third-order valence-corrected chi connectivity index (χ3v) is 5.67. The molecule has 3 rings (SSSR count). The van der Waals surface area contributed by atoms with Gasteiger partial charge in [0.1, 0.15) is 0 Å². The smallest absolute Gasteiger partial charge is 0.163 e. The lowest BCUT2D eigenvalue weighted by Gasteiger charge is -2.32. The zero-order valence-corrected chi connectivity index (χ0v) is 17.7. The molecule has 29 heavy (non-hydrogen) atoms. The molecule has 0 aliphatic carbocycles. The molecule has 0 aliphatic heterocycles. The van der Waals surface area contributed by atoms with Gasteiger partial charge in [0.25, 0.3) is 0 Å². The quantitative estimate of drug-likeness (QED) is 0.442. The summed E-state index contributed by atoms with van der Waals surface area (Å²) in [6, 6.07) is 17.3. The SMILES string of the molecule is Cc1cccc(Cn2cccc2CN(Cc2cccc(F)c2F)[C@@H](C)C(C)C)c1. The molecule has 0 bridgehead atoms. The van der Waals surface area contributed by atoms with Crippen LogP contribution in [0.2, 0.25) is 0 Å². The summed E-state index contributed by atoms with van der Waals surface area (Å²) in [7, 11) is 0. The Kier molecular flexibility index (Phi) is 6.86. The molecule has 4 heteroatoms. The van der Waals surface area contributed by atoms with Crippen LogP contribution >= 0.6 is 0 Å². The molecular formula is C25H30F2N2. The highest BCUT2D eigenvalue weighted by atomic mass is 19.2. The van der Waals surface area contributed by atoms with Gasteiger partial charge in [-0.25, -0.2) is 8.78 Å². The van der Waals surface area contributed by atoms with Crippen molar-refractivity contribution in [2.24, 2.45) is 5.92 Å². The molecular weight excluding hydrogens is 366 g/mol. The predicted octanol–water partition coefficient (Wildman–Crippen LogP) is 6.17. The summed E-state index contributed by atoms with van der Waals surface area (Å²) in [5.74, 6) is -1.14. The molecule has 2 nitrogen and oxygen atoms in total. The topological polar surface area (TPSA) is 8.17 Å². The van der Waals surface area contributed by atoms with Crippen LogP contribution in [-0.4, -0.2) is 15.5 Å². The number of hydrogen-bond donors (Lipinski definition) is 0. The van der Waals surface area contributed by atoms with E-state index < -0.39 is 11.6 Å². The van der Waals surface area contributed by atoms with Crippen LogP contribution in [0.15, 0.2) is 60.8 Å². The van der Waals surface area contributed by atoms with E-state index in [2.05, 4.69) is 73.7 Å². The molecule has 0 spiro atoms. The summed E-state index contributed by atoms with van der Waals surface area (Å²) in [5, 5.41) is 0. The second-order valence-electron chi connectivity index (χ2n) is 8.22. The summed E-state index contributed by atoms with van der Waals surface area (Å²) in [6.07, 6.45) is 2.08. The number of halogens is 2. The molecule has 0 aliphatic rings. The molecule has 1 atom stereocenters. The van der Waals surface area contributed by atoms with Gasteiger partial charge in [0, 0.05) is 43.1 Å². The van der Waals surface area contributed by atoms with Crippen molar-refractivity contribution < 1.29 is 8.78 Å². The molecule has 3 aromatic rings. The Morgan fingerprint density at radius 2 is 1.69 bits per heavy atom. The minimum atomic E-state index is -0.789. The third kappa shape index (κ3) is 5.33. The van der Waals surface area contributed by atoms with Gasteiger partial charge in [-0.1, -0.05) is 55.8 Å². The first-order valence-electron chi connectivity index (χ1n) is 10.2. The highest BCUT2D eigenvalue weighted by molar-refractivity contribution is 5.24. The summed E-state index contributed by atoms with van der Waals surface area (Å²) < 4.78 is 30.2. The fraction of sp³-hybridized carbons (Fsp3) is 0.360. The minimum absolute atomic E-state index is 0.222. The number of aromatic nitrogens is 1. The average Bonchev–Trinajstić information content (AvgIpc) is 3.10. The van der Waals surface area contributed by atoms with Crippen LogP contribution < -0.4 is 0 Å². The number of rotatable bonds is 8. The van der Waals surface area contributed by atoms with Gasteiger partial charge in [0.15, 0.2) is 11.6 Å². The molecule has 1 heterocycles. The monoisotopic (exact) mass is 396 g/mol. The van der Waals surface area contributed by atoms with Gasteiger partial charge < -0.3 is 4.57 Å². The zero-order valence-electron chi connectivity index (χ0n) is 17.7. The summed E-state index contributed by atoms with van der Waals surface area (Å²) >= 11 is 0. The van der Waals surface area contributed by atoms with Crippen LogP contribution in [0.4, 0.5) is 8.78 Å². The highest BCUT2D eigenvalue weighted by Crippen LogP contribution is 2.21. The van der Waals surface area contributed by atoms with Crippen LogP contribution in [-0.2, 0) is 19.6 Å². The molecule has 154 valence electrons. The maximum Gasteiger partial charge on any atom is 0.163 e. The van der Waals surface area contributed by atoms with Gasteiger partial charge in [-0.15, -0.1) is 0 Å². The molecule has 0 radical (unpaired) electrons. The van der Waals surface area contributed by atoms with Crippen LogP contribution in [0.25, 0.3) is 0 Å². The molecule has 2 aromatic carbocycles. The Labute approximate surface area is 172 Å². The maximum absolute atomic E-state index is 14.3. The van der Waals surface area contributed by atoms with Crippen LogP contribution in [0.3, 0.4) is 0 Å². The van der Waals surface area contributed by atoms with Crippen LogP contribution in [0.1, 0.15) is 43.2 Å². The highest BCUT2D eigenvalue weighted by Gasteiger charge is 2.21. The molecule has 0 amide bonds. The van der Waals surface area contributed by atoms with E-state index in [1.54, 1.807) is 12.1 Å². The fourth-order valence-corrected chi connectivity index (χ4v) is 3.62. The first-order valence-corrected chi connectivity index (χ1v) is 10.2. The van der Waals surface area contributed by atoms with Gasteiger partial charge in [-0.3, -0.25) is 4.90 Å². The van der Waals surface area contributed by atoms with Gasteiger partial charge in [-0.05, 0) is 43.5 Å². The van der Waals surface area contributed by atoms with E-state index in [1.807, 2.05) is 6.07 Å². The van der Waals surface area contributed by atoms with Crippen molar-refractivity contribution in [2.75, 3.05) is 0 Å². The van der Waals surface area contributed by atoms with Crippen LogP contribution in [0.5, 0.6) is 0 Å². The standard InChI is InChI=1S/C25H30F2N2/c1-18(2)20(4)29(16-22-10-6-12-24(26)25(22)27)17-23-11-7-13-28(23)15-21-9-5-8-19(3)14-21/h5-14,18,20H,15-17H2,1-4H3/t20-/m0/s1. The Morgan fingerprint density at radius 1 is 0.931 bits per heavy atom. The van der Waals surface area contributed by atoms with E-state index in [0.29, 0.717) is 24.6 Å². The van der Waals surface area contributed by atoms with E-state index >= 15 is 0 Å². The maximum atomic E-state index is 14.3. The molecule has 1 aromatic heterocycles. The fourth-order valence-electron chi connectivity index (χ4n) is 3.62. The Hall–Kier alpha value is -2.46. The number of aryl methyl sites for hydroxylation is 1. The Bertz CT molecular complexity index is 946. The zero-order chi connectivity index (χ0) is 21.0. The van der Waals surface area contributed by atoms with Crippen LogP contribution in [0, 0.1) is 24.5 Å². The molecule has 0 saturated heterocycles. The van der Waals surface area contributed by atoms with Gasteiger partial charge in [0.2, 0.25) is 0 Å². The molecule has 0 N–H and O–H groups in total. The number of benzene rings is 2. The Balaban J connectivity index is 1.83. The largest absolute Gasteiger partial charge is 0.346 e. The van der Waals surface area contributed by atoms with Gasteiger partial charge in [0.05, 0.1) is 0 Å². The summed E-state index contributed by atoms with van der Waals surface area (Å²) in [5.41, 5.74) is 4.06. The lowest BCUT2D eigenvalue weighted by molar-refractivity contribution is 0.146. The van der Waals surface area contributed by atoms with Crippen molar-refractivity contribution in [3.05, 3.63) is 94.8 Å². The minimum Gasteiger partial charge on any atom is -0.346 e. The van der Waals surface area contributed by atoms with Crippen molar-refractivity contribution in [3.63, 3.8) is 0 Å². The van der Waals surface area contributed by atoms with Crippen molar-refractivity contribution in [2.45, 2.75) is 53.4 Å². The van der Waals surface area contributed by atoms with E-state index in [1.165, 1.54) is 17.2 Å². The average molecular weight is 397 g/mol. The lowest BCUT2D eigenvalue weighted by Crippen LogP contribution is -2.36. The summed E-state index contributed by atoms with van der Waals surface area (Å²) in [4.78, 5) is 2.23. The van der Waals surface area contributed by atoms with E-state index in [-0.39, 0.29) is 6.04 Å². The first kappa shape index (κ1) is 21.3. The summed E-state index contributed by atoms with van der Waals surface area (Å²) in [6.45, 7) is 10.4. The second-order valence-corrected chi connectivity index (χ2v) is 8.22. The van der Waals surface area contributed by atoms with Gasteiger partial charge >= 0.3 is 0 Å². The van der Waals surface area contributed by atoms with Gasteiger partial charge in [-0.2, -0.15) is 0 Å². The molecule has 0 unspecified atom stereocenters. The number of nitrogens with zero attached hydrogens (tertiary/aromatic N) is 2. The third-order valence-electron chi connectivity index (χ3n) is 5.67. The predicted molar refractivity (Wildman–Crippen MR) is 115 cm³/mol. The molecule has 0 saturated carbocycles. The number of hydrogen-bond acceptors (Lipinski definition) is 1. The van der Waals surface area contributed by atoms with Crippen molar-refractivity contribution >= 4 is 0 Å². The second kappa shape index (κ2) is 9.36. The normalized spacial score (nSPS) is 12.7. The Morgan fingerprint density at radius 3 is 2.41 bits per heavy atom. The van der Waals surface area contributed by atoms with Crippen molar-refractivity contribution in [1.82, 2.24) is 9.47 Å². The van der Waals surface area contributed by atoms with E-state index in [0.717, 1.165) is 12.2 Å². The van der Waals surface area contributed by atoms with E-state index in [4.69, 9.17) is 0 Å². The lowest BCUT2D eigenvalue weighted by atomic mass is 10.0. The van der Waals surface area contributed by atoms with Crippen molar-refractivity contribution in [1.29, 1.82) is 0 Å². The first-order chi connectivity index (χ1) is 13.8. The van der Waals surface area contributed by atoms with Crippen molar-refractivity contribution in [3.8, 4) is 0 Å². The van der Waals surface area contributed by atoms with E-state index in [9.17, 15) is 8.78 Å².